The highest BCUT2D eigenvalue weighted by molar-refractivity contribution is 7.92. The average Bonchev–Trinajstić information content (AvgIpc) is 3.41. The number of rotatable bonds is 9. The average molecular weight is 600 g/mol. The van der Waals surface area contributed by atoms with Gasteiger partial charge in [0.15, 0.2) is 21.4 Å². The van der Waals surface area contributed by atoms with Crippen LogP contribution in [0, 0.1) is 20.8 Å². The summed E-state index contributed by atoms with van der Waals surface area (Å²) in [6.45, 7) is 5.95. The Kier molecular flexibility index (Phi) is 8.63. The Balaban J connectivity index is 1.64. The SMILES string of the molecule is Cc1cc(C)c(CN(Cc2ccc(-c3cccc(S(=O)(=O)CC(=O)O)c3)cc2)C(=O)c2ccc(C(F)(F)F)o2)c(C)c1. The topological polar surface area (TPSA) is 105 Å². The molecule has 0 aliphatic heterocycles. The lowest BCUT2D eigenvalue weighted by Gasteiger charge is -2.24. The smallest absolute Gasteiger partial charge is 0.449 e. The Hall–Kier alpha value is -4.38. The monoisotopic (exact) mass is 599 g/mol. The molecule has 4 aromatic rings. The molecule has 0 spiro atoms. The second-order valence-electron chi connectivity index (χ2n) is 10.1. The maximum atomic E-state index is 13.4. The molecular weight excluding hydrogens is 571 g/mol. The van der Waals surface area contributed by atoms with Crippen LogP contribution in [0.2, 0.25) is 0 Å². The van der Waals surface area contributed by atoms with Crippen molar-refractivity contribution in [3.8, 4) is 11.1 Å². The Labute approximate surface area is 241 Å². The summed E-state index contributed by atoms with van der Waals surface area (Å²) in [7, 11) is -4.02. The molecule has 1 amide bonds. The fourth-order valence-corrected chi connectivity index (χ4v) is 5.83. The molecule has 0 atom stereocenters. The zero-order valence-corrected chi connectivity index (χ0v) is 23.8. The third-order valence-electron chi connectivity index (χ3n) is 6.74. The van der Waals surface area contributed by atoms with Crippen molar-refractivity contribution in [1.29, 1.82) is 0 Å². The molecule has 220 valence electrons. The number of benzene rings is 3. The van der Waals surface area contributed by atoms with Crippen molar-refractivity contribution in [2.75, 3.05) is 5.75 Å². The van der Waals surface area contributed by atoms with E-state index >= 15 is 0 Å². The lowest BCUT2D eigenvalue weighted by Crippen LogP contribution is -2.30. The zero-order valence-electron chi connectivity index (χ0n) is 23.0. The minimum absolute atomic E-state index is 0.0565. The van der Waals surface area contributed by atoms with Crippen LogP contribution < -0.4 is 0 Å². The van der Waals surface area contributed by atoms with E-state index in [9.17, 15) is 31.2 Å². The number of aliphatic carboxylic acids is 1. The van der Waals surface area contributed by atoms with Crippen LogP contribution in [0.5, 0.6) is 0 Å². The zero-order chi connectivity index (χ0) is 30.8. The van der Waals surface area contributed by atoms with Crippen molar-refractivity contribution >= 4 is 21.7 Å². The molecule has 0 aliphatic rings. The van der Waals surface area contributed by atoms with Crippen molar-refractivity contribution in [3.63, 3.8) is 0 Å². The van der Waals surface area contributed by atoms with Gasteiger partial charge in [0.05, 0.1) is 4.90 Å². The highest BCUT2D eigenvalue weighted by Gasteiger charge is 2.36. The molecule has 1 N–H and O–H groups in total. The first kappa shape index (κ1) is 30.6. The lowest BCUT2D eigenvalue weighted by atomic mass is 9.99. The normalized spacial score (nSPS) is 11.9. The van der Waals surface area contributed by atoms with Gasteiger partial charge in [0.2, 0.25) is 5.76 Å². The first-order chi connectivity index (χ1) is 19.6. The minimum atomic E-state index is -4.73. The number of carboxylic acid groups (broad SMARTS) is 1. The van der Waals surface area contributed by atoms with Gasteiger partial charge in [0, 0.05) is 13.1 Å². The van der Waals surface area contributed by atoms with E-state index in [-0.39, 0.29) is 18.0 Å². The van der Waals surface area contributed by atoms with E-state index in [4.69, 9.17) is 9.52 Å². The third kappa shape index (κ3) is 7.09. The third-order valence-corrected chi connectivity index (χ3v) is 8.34. The molecule has 0 radical (unpaired) electrons. The van der Waals surface area contributed by atoms with Crippen LogP contribution in [0.4, 0.5) is 13.2 Å². The number of halogens is 3. The van der Waals surface area contributed by atoms with E-state index < -0.39 is 45.2 Å². The molecule has 0 saturated heterocycles. The molecular formula is C31H28F3NO6S. The molecule has 0 saturated carbocycles. The van der Waals surface area contributed by atoms with E-state index in [2.05, 4.69) is 0 Å². The Bertz CT molecular complexity index is 1720. The summed E-state index contributed by atoms with van der Waals surface area (Å²) < 4.78 is 69.1. The van der Waals surface area contributed by atoms with Gasteiger partial charge in [-0.15, -0.1) is 0 Å². The summed E-state index contributed by atoms with van der Waals surface area (Å²) in [5.74, 6) is -4.88. The maximum absolute atomic E-state index is 13.4. The number of hydrogen-bond acceptors (Lipinski definition) is 5. The van der Waals surface area contributed by atoms with Crippen molar-refractivity contribution in [2.24, 2.45) is 0 Å². The molecule has 3 aromatic carbocycles. The van der Waals surface area contributed by atoms with Gasteiger partial charge in [-0.3, -0.25) is 9.59 Å². The minimum Gasteiger partial charge on any atom is -0.480 e. The fourth-order valence-electron chi connectivity index (χ4n) is 4.75. The summed E-state index contributed by atoms with van der Waals surface area (Å²) in [6, 6.07) is 18.5. The molecule has 0 bridgehead atoms. The number of sulfone groups is 1. The predicted molar refractivity (Wildman–Crippen MR) is 150 cm³/mol. The molecule has 11 heteroatoms. The Morgan fingerprint density at radius 3 is 2.07 bits per heavy atom. The first-order valence-corrected chi connectivity index (χ1v) is 14.5. The summed E-state index contributed by atoms with van der Waals surface area (Å²) in [5.41, 5.74) is 5.65. The number of carboxylic acids is 1. The second kappa shape index (κ2) is 11.8. The van der Waals surface area contributed by atoms with Gasteiger partial charge in [0.25, 0.3) is 5.91 Å². The van der Waals surface area contributed by atoms with E-state index in [1.165, 1.54) is 23.1 Å². The number of furan rings is 1. The predicted octanol–water partition coefficient (Wildman–Crippen LogP) is 6.59. The second-order valence-corrected chi connectivity index (χ2v) is 12.1. The highest BCUT2D eigenvalue weighted by Crippen LogP contribution is 2.32. The Morgan fingerprint density at radius 1 is 0.857 bits per heavy atom. The number of aryl methyl sites for hydroxylation is 3. The van der Waals surface area contributed by atoms with Gasteiger partial charge in [-0.25, -0.2) is 8.42 Å². The number of nitrogens with zero attached hydrogens (tertiary/aromatic N) is 1. The van der Waals surface area contributed by atoms with Crippen LogP contribution in [0.3, 0.4) is 0 Å². The number of carbonyl (C=O) groups is 2. The molecule has 0 aliphatic carbocycles. The highest BCUT2D eigenvalue weighted by atomic mass is 32.2. The van der Waals surface area contributed by atoms with Crippen molar-refractivity contribution in [3.05, 3.63) is 112 Å². The summed E-state index contributed by atoms with van der Waals surface area (Å²) in [4.78, 5) is 25.7. The van der Waals surface area contributed by atoms with Crippen LogP contribution >= 0.6 is 0 Å². The van der Waals surface area contributed by atoms with Crippen molar-refractivity contribution in [1.82, 2.24) is 4.90 Å². The molecule has 42 heavy (non-hydrogen) atoms. The first-order valence-electron chi connectivity index (χ1n) is 12.8. The molecule has 0 unspecified atom stereocenters. The van der Waals surface area contributed by atoms with Crippen LogP contribution in [-0.4, -0.2) is 36.1 Å². The molecule has 4 rings (SSSR count). The fraction of sp³-hybridized carbons (Fsp3) is 0.226. The number of hydrogen-bond donors (Lipinski definition) is 1. The van der Waals surface area contributed by atoms with Gasteiger partial charge < -0.3 is 14.4 Å². The lowest BCUT2D eigenvalue weighted by molar-refractivity contribution is -0.153. The van der Waals surface area contributed by atoms with Crippen LogP contribution in [0.1, 0.15) is 44.1 Å². The van der Waals surface area contributed by atoms with E-state index in [0.717, 1.165) is 34.4 Å². The van der Waals surface area contributed by atoms with Gasteiger partial charge in [-0.2, -0.15) is 13.2 Å². The number of alkyl halides is 3. The quantitative estimate of drug-likeness (QED) is 0.233. The van der Waals surface area contributed by atoms with Gasteiger partial charge in [-0.05, 0) is 78.4 Å². The van der Waals surface area contributed by atoms with Crippen LogP contribution in [0.25, 0.3) is 11.1 Å². The Morgan fingerprint density at radius 2 is 1.50 bits per heavy atom. The van der Waals surface area contributed by atoms with Crippen LogP contribution in [0.15, 0.2) is 82.1 Å². The summed E-state index contributed by atoms with van der Waals surface area (Å²) in [6.07, 6.45) is -4.73. The maximum Gasteiger partial charge on any atom is 0.449 e. The number of amides is 1. The van der Waals surface area contributed by atoms with Crippen LogP contribution in [-0.2, 0) is 33.9 Å². The van der Waals surface area contributed by atoms with Gasteiger partial charge >= 0.3 is 12.1 Å². The molecule has 7 nitrogen and oxygen atoms in total. The summed E-state index contributed by atoms with van der Waals surface area (Å²) >= 11 is 0. The van der Waals surface area contributed by atoms with Gasteiger partial charge in [0.1, 0.15) is 0 Å². The molecule has 1 heterocycles. The van der Waals surface area contributed by atoms with E-state index in [1.54, 1.807) is 30.3 Å². The van der Waals surface area contributed by atoms with Crippen molar-refractivity contribution in [2.45, 2.75) is 44.9 Å². The number of carbonyl (C=O) groups excluding carboxylic acids is 1. The van der Waals surface area contributed by atoms with E-state index in [0.29, 0.717) is 16.7 Å². The van der Waals surface area contributed by atoms with Crippen molar-refractivity contribution < 1.29 is 40.7 Å². The summed E-state index contributed by atoms with van der Waals surface area (Å²) in [5, 5.41) is 8.92. The molecule has 1 aromatic heterocycles. The standard InChI is InChI=1S/C31H28F3NO6S/c1-19-13-20(2)26(21(3)14-19)17-35(30(38)27-11-12-28(41-27)31(32,33)34)16-22-7-9-23(10-8-22)24-5-4-6-25(15-24)42(39,40)18-29(36)37/h4-15H,16-18H2,1-3H3,(H,36,37). The molecule has 0 fully saturated rings. The van der Waals surface area contributed by atoms with Gasteiger partial charge in [-0.1, -0.05) is 54.1 Å². The van der Waals surface area contributed by atoms with E-state index in [1.807, 2.05) is 32.9 Å². The largest absolute Gasteiger partial charge is 0.480 e.